The predicted octanol–water partition coefficient (Wildman–Crippen LogP) is 21.4. The van der Waals surface area contributed by atoms with E-state index in [1.54, 1.807) is 7.11 Å². The minimum atomic E-state index is 0.644. The molecule has 0 heterocycles. The second kappa shape index (κ2) is 34.5. The third-order valence-corrected chi connectivity index (χ3v) is 14.6. The van der Waals surface area contributed by atoms with Gasteiger partial charge in [-0.3, -0.25) is 0 Å². The van der Waals surface area contributed by atoms with Gasteiger partial charge in [-0.1, -0.05) is 198 Å². The van der Waals surface area contributed by atoms with Gasteiger partial charge in [0.1, 0.15) is 17.2 Å². The van der Waals surface area contributed by atoms with Gasteiger partial charge in [0.25, 0.3) is 0 Å². The summed E-state index contributed by atoms with van der Waals surface area (Å²) in [5.41, 5.74) is 13.1. The fourth-order valence-corrected chi connectivity index (χ4v) is 9.60. The lowest BCUT2D eigenvalue weighted by molar-refractivity contribution is 0.232. The van der Waals surface area contributed by atoms with Gasteiger partial charge in [0, 0.05) is 5.56 Å². The third kappa shape index (κ3) is 22.2. The van der Waals surface area contributed by atoms with Crippen LogP contribution in [0.25, 0.3) is 40.1 Å². The fourth-order valence-electron chi connectivity index (χ4n) is 9.60. The summed E-state index contributed by atoms with van der Waals surface area (Å²) in [6.45, 7) is 35.0. The van der Waals surface area contributed by atoms with E-state index in [1.807, 2.05) is 13.0 Å². The Hall–Kier alpha value is -5.02. The van der Waals surface area contributed by atoms with E-state index >= 15 is 0 Å². The number of allylic oxidation sites excluding steroid dienone is 3. The number of unbranched alkanes of at least 4 members (excludes halogenated alkanes) is 1. The van der Waals surface area contributed by atoms with Gasteiger partial charge in [-0.25, -0.2) is 0 Å². The van der Waals surface area contributed by atoms with Crippen molar-refractivity contribution in [2.45, 2.75) is 187 Å². The van der Waals surface area contributed by atoms with Crippen molar-refractivity contribution in [2.75, 3.05) is 20.3 Å². The van der Waals surface area contributed by atoms with Gasteiger partial charge in [0.2, 0.25) is 0 Å². The molecule has 0 spiro atoms. The first-order valence-corrected chi connectivity index (χ1v) is 28.6. The van der Waals surface area contributed by atoms with Crippen molar-refractivity contribution >= 4 is 29.0 Å². The van der Waals surface area contributed by atoms with Gasteiger partial charge in [0.05, 0.1) is 20.3 Å². The Balaban J connectivity index is 0.000000299. The SMILES string of the molecule is CC=Cc1cc(-c2ccc(OCCC(C)CCCC(C)C)cc2)c(C)c2ccccc12.CC=Cc1cc(C)c(C)cc1CCC(C)CCCC(C)C.CC=Cc1cc(OC)c(C)cc1OCC(CC)CCCC. The quantitative estimate of drug-likeness (QED) is 0.0525. The van der Waals surface area contributed by atoms with E-state index in [0.29, 0.717) is 5.92 Å². The summed E-state index contributed by atoms with van der Waals surface area (Å²) < 4.78 is 17.6. The molecule has 3 nitrogen and oxygen atoms in total. The van der Waals surface area contributed by atoms with Crippen LogP contribution in [0, 0.1) is 57.3 Å². The Morgan fingerprint density at radius 2 is 1.11 bits per heavy atom. The van der Waals surface area contributed by atoms with Crippen LogP contribution in [0.1, 0.15) is 198 Å². The second-order valence-electron chi connectivity index (χ2n) is 22.0. The van der Waals surface area contributed by atoms with Crippen LogP contribution in [0.15, 0.2) is 97.1 Å². The van der Waals surface area contributed by atoms with Gasteiger partial charge in [-0.15, -0.1) is 0 Å². The maximum atomic E-state index is 6.11. The molecule has 5 rings (SSSR count). The molecule has 0 aliphatic heterocycles. The second-order valence-corrected chi connectivity index (χ2v) is 22.0. The average Bonchev–Trinajstić information content (AvgIpc) is 3.36. The van der Waals surface area contributed by atoms with Crippen molar-refractivity contribution in [1.29, 1.82) is 0 Å². The summed E-state index contributed by atoms with van der Waals surface area (Å²) in [6, 6.07) is 28.5. The number of hydrogen-bond acceptors (Lipinski definition) is 3. The molecular weight excluding hydrogens is 889 g/mol. The molecule has 0 saturated heterocycles. The summed E-state index contributed by atoms with van der Waals surface area (Å²) in [5, 5.41) is 2.63. The Labute approximate surface area is 448 Å². The highest BCUT2D eigenvalue weighted by atomic mass is 16.5. The number of methoxy groups -OCH3 is 1. The molecule has 0 aliphatic rings. The molecule has 3 atom stereocenters. The van der Waals surface area contributed by atoms with Gasteiger partial charge in [0.15, 0.2) is 0 Å². The Bertz CT molecular complexity index is 2410. The molecule has 0 amide bonds. The van der Waals surface area contributed by atoms with E-state index < -0.39 is 0 Å². The number of hydrogen-bond donors (Lipinski definition) is 0. The summed E-state index contributed by atoms with van der Waals surface area (Å²) >= 11 is 0. The van der Waals surface area contributed by atoms with E-state index in [4.69, 9.17) is 14.2 Å². The van der Waals surface area contributed by atoms with Crippen molar-refractivity contribution in [2.24, 2.45) is 29.6 Å². The van der Waals surface area contributed by atoms with Crippen molar-refractivity contribution in [3.63, 3.8) is 0 Å². The molecule has 0 radical (unpaired) electrons. The first-order chi connectivity index (χ1) is 35.1. The molecule has 400 valence electrons. The minimum absolute atomic E-state index is 0.644. The van der Waals surface area contributed by atoms with Crippen LogP contribution >= 0.6 is 0 Å². The van der Waals surface area contributed by atoms with Crippen LogP contribution in [0.2, 0.25) is 0 Å². The van der Waals surface area contributed by atoms with Gasteiger partial charge >= 0.3 is 0 Å². The standard InChI is InChI=1S/C30H38O.C21H34.C19H30O2/c1-6-10-26-21-30(24(5)28-13-7-8-14-29(26)28)25-15-17-27(18-16-25)31-20-19-23(4)12-9-11-22(2)3;1-7-9-20-14-18(5)19(6)15-21(20)13-12-17(4)11-8-10-16(2)3;1-6-9-11-16(8-3)14-21-19-12-15(4)18(20-5)13-17(19)10-7-2/h6-8,10,13-18,21-23H,9,11-12,19-20H2,1-5H3;7,9,14-17H,8,10-13H2,1-6H3;7,10,12-13,16H,6,8-9,11,14H2,1-5H3. The molecule has 5 aromatic rings. The number of aryl methyl sites for hydroxylation is 5. The molecular formula is C70H102O3. The maximum absolute atomic E-state index is 6.11. The molecule has 0 N–H and O–H groups in total. The van der Waals surface area contributed by atoms with Gasteiger partial charge in [-0.05, 0) is 195 Å². The van der Waals surface area contributed by atoms with Gasteiger partial charge in [-0.2, -0.15) is 0 Å². The normalized spacial score (nSPS) is 12.8. The van der Waals surface area contributed by atoms with E-state index in [0.717, 1.165) is 71.7 Å². The molecule has 0 bridgehead atoms. The highest BCUT2D eigenvalue weighted by molar-refractivity contribution is 5.97. The molecule has 5 aromatic carbocycles. The van der Waals surface area contributed by atoms with Crippen LogP contribution in [-0.2, 0) is 6.42 Å². The topological polar surface area (TPSA) is 27.7 Å². The van der Waals surface area contributed by atoms with Crippen LogP contribution in [-0.4, -0.2) is 20.3 Å². The van der Waals surface area contributed by atoms with Crippen molar-refractivity contribution in [1.82, 2.24) is 0 Å². The number of ether oxygens (including phenoxy) is 3. The van der Waals surface area contributed by atoms with E-state index in [2.05, 4.69) is 206 Å². The average molecular weight is 992 g/mol. The van der Waals surface area contributed by atoms with Crippen molar-refractivity contribution in [3.8, 4) is 28.4 Å². The predicted molar refractivity (Wildman–Crippen MR) is 325 cm³/mol. The largest absolute Gasteiger partial charge is 0.496 e. The zero-order valence-corrected chi connectivity index (χ0v) is 49.2. The summed E-state index contributed by atoms with van der Waals surface area (Å²) in [7, 11) is 1.71. The molecule has 0 aliphatic carbocycles. The van der Waals surface area contributed by atoms with Crippen LogP contribution < -0.4 is 14.2 Å². The zero-order chi connectivity index (χ0) is 53.7. The van der Waals surface area contributed by atoms with Crippen molar-refractivity contribution in [3.05, 3.63) is 142 Å². The van der Waals surface area contributed by atoms with Crippen molar-refractivity contribution < 1.29 is 14.2 Å². The molecule has 0 fully saturated rings. The number of benzene rings is 5. The lowest BCUT2D eigenvalue weighted by Gasteiger charge is -2.18. The lowest BCUT2D eigenvalue weighted by Crippen LogP contribution is -2.12. The lowest BCUT2D eigenvalue weighted by atomic mass is 9.91. The summed E-state index contributed by atoms with van der Waals surface area (Å²) in [6.07, 6.45) is 29.5. The summed E-state index contributed by atoms with van der Waals surface area (Å²) in [4.78, 5) is 0. The Morgan fingerprint density at radius 1 is 0.521 bits per heavy atom. The number of rotatable bonds is 27. The number of fused-ring (bicyclic) bond motifs is 1. The zero-order valence-electron chi connectivity index (χ0n) is 49.2. The van der Waals surface area contributed by atoms with E-state index in [-0.39, 0.29) is 0 Å². The maximum Gasteiger partial charge on any atom is 0.127 e. The molecule has 73 heavy (non-hydrogen) atoms. The van der Waals surface area contributed by atoms with E-state index in [1.165, 1.54) is 132 Å². The minimum Gasteiger partial charge on any atom is -0.496 e. The highest BCUT2D eigenvalue weighted by Gasteiger charge is 2.13. The first-order valence-electron chi connectivity index (χ1n) is 28.6. The molecule has 0 saturated carbocycles. The fraction of sp³-hybridized carbons (Fsp3) is 0.514. The Kier molecular flexibility index (Phi) is 29.4. The van der Waals surface area contributed by atoms with Gasteiger partial charge < -0.3 is 14.2 Å². The summed E-state index contributed by atoms with van der Waals surface area (Å²) in [5.74, 6) is 6.69. The molecule has 3 unspecified atom stereocenters. The monoisotopic (exact) mass is 991 g/mol. The molecule has 3 heteroatoms. The van der Waals surface area contributed by atoms with E-state index in [9.17, 15) is 0 Å². The van der Waals surface area contributed by atoms with Crippen LogP contribution in [0.3, 0.4) is 0 Å². The van der Waals surface area contributed by atoms with Crippen LogP contribution in [0.5, 0.6) is 17.2 Å². The smallest absolute Gasteiger partial charge is 0.127 e. The Morgan fingerprint density at radius 3 is 1.70 bits per heavy atom. The third-order valence-electron chi connectivity index (χ3n) is 14.6. The highest BCUT2D eigenvalue weighted by Crippen LogP contribution is 2.35. The molecule has 0 aromatic heterocycles. The van der Waals surface area contributed by atoms with Crippen LogP contribution in [0.4, 0.5) is 0 Å². The first kappa shape index (κ1) is 62.3.